The lowest BCUT2D eigenvalue weighted by atomic mass is 9.79. The number of nitrogens with zero attached hydrogens (tertiary/aromatic N) is 1. The molecule has 2 amide bonds. The fourth-order valence-corrected chi connectivity index (χ4v) is 4.92. The quantitative estimate of drug-likeness (QED) is 0.538. The highest BCUT2D eigenvalue weighted by atomic mass is 16.5. The zero-order chi connectivity index (χ0) is 24.9. The summed E-state index contributed by atoms with van der Waals surface area (Å²) in [6, 6.07) is 16.2. The van der Waals surface area contributed by atoms with Crippen molar-refractivity contribution < 1.29 is 29.0 Å². The summed E-state index contributed by atoms with van der Waals surface area (Å²) in [6.07, 6.45) is -0.0159. The Hall–Kier alpha value is -3.39. The minimum atomic E-state index is -0.818. The SMILES string of the molecule is CCOC(CNC(=O)OCC1c2ccccc2-c2ccccc21)CC(=O)N(C)C1CC(C(=O)O)C1. The number of aliphatic carboxylic acids is 1. The van der Waals surface area contributed by atoms with Gasteiger partial charge in [0.2, 0.25) is 5.91 Å². The number of nitrogens with one attached hydrogen (secondary N) is 1. The highest BCUT2D eigenvalue weighted by Crippen LogP contribution is 2.44. The molecule has 4 rings (SSSR count). The molecule has 2 N–H and O–H groups in total. The van der Waals surface area contributed by atoms with E-state index in [4.69, 9.17) is 14.6 Å². The Bertz CT molecular complexity index is 1040. The summed E-state index contributed by atoms with van der Waals surface area (Å²) in [6.45, 7) is 2.59. The van der Waals surface area contributed by atoms with E-state index < -0.39 is 18.2 Å². The molecule has 2 aromatic rings. The van der Waals surface area contributed by atoms with E-state index in [0.29, 0.717) is 19.4 Å². The summed E-state index contributed by atoms with van der Waals surface area (Å²) in [5, 5.41) is 11.8. The highest BCUT2D eigenvalue weighted by Gasteiger charge is 2.38. The summed E-state index contributed by atoms with van der Waals surface area (Å²) in [4.78, 5) is 37.8. The summed E-state index contributed by atoms with van der Waals surface area (Å²) >= 11 is 0. The second-order valence-electron chi connectivity index (χ2n) is 9.15. The first-order valence-corrected chi connectivity index (χ1v) is 12.1. The van der Waals surface area contributed by atoms with Crippen LogP contribution in [0.1, 0.15) is 43.2 Å². The van der Waals surface area contributed by atoms with E-state index in [1.54, 1.807) is 11.9 Å². The molecular formula is C27H32N2O6. The van der Waals surface area contributed by atoms with Crippen LogP contribution in [-0.4, -0.2) is 66.9 Å². The van der Waals surface area contributed by atoms with Gasteiger partial charge in [0.05, 0.1) is 18.4 Å². The van der Waals surface area contributed by atoms with Crippen LogP contribution < -0.4 is 5.32 Å². The molecule has 2 aliphatic rings. The number of hydrogen-bond donors (Lipinski definition) is 2. The van der Waals surface area contributed by atoms with Crippen molar-refractivity contribution in [2.24, 2.45) is 5.92 Å². The molecule has 1 saturated carbocycles. The molecular weight excluding hydrogens is 448 g/mol. The third kappa shape index (κ3) is 5.48. The minimum Gasteiger partial charge on any atom is -0.481 e. The number of alkyl carbamates (subject to hydrolysis) is 1. The average molecular weight is 481 g/mol. The van der Waals surface area contributed by atoms with E-state index in [1.807, 2.05) is 31.2 Å². The van der Waals surface area contributed by atoms with Gasteiger partial charge >= 0.3 is 12.1 Å². The van der Waals surface area contributed by atoms with E-state index in [0.717, 1.165) is 22.3 Å². The van der Waals surface area contributed by atoms with Gasteiger partial charge in [0.1, 0.15) is 6.61 Å². The summed E-state index contributed by atoms with van der Waals surface area (Å²) in [7, 11) is 1.69. The molecule has 0 heterocycles. The first kappa shape index (κ1) is 24.7. The third-order valence-corrected chi connectivity index (χ3v) is 7.03. The van der Waals surface area contributed by atoms with Gasteiger partial charge in [-0.25, -0.2) is 4.79 Å². The zero-order valence-corrected chi connectivity index (χ0v) is 20.1. The number of benzene rings is 2. The largest absolute Gasteiger partial charge is 0.481 e. The van der Waals surface area contributed by atoms with Crippen LogP contribution in [0.25, 0.3) is 11.1 Å². The molecule has 8 nitrogen and oxygen atoms in total. The normalized spacial score (nSPS) is 19.1. The van der Waals surface area contributed by atoms with Gasteiger partial charge in [-0.05, 0) is 42.0 Å². The third-order valence-electron chi connectivity index (χ3n) is 7.03. The van der Waals surface area contributed by atoms with Crippen molar-refractivity contribution in [1.82, 2.24) is 10.2 Å². The minimum absolute atomic E-state index is 0.0248. The van der Waals surface area contributed by atoms with E-state index in [2.05, 4.69) is 29.6 Å². The standard InChI is InChI=1S/C27H32N2O6/c1-3-34-19(14-25(30)29(2)18-12-17(13-18)26(31)32)15-28-27(33)35-16-24-22-10-6-4-8-20(22)21-9-5-7-11-23(21)24/h4-11,17-19,24H,3,12-16H2,1-2H3,(H,28,33)(H,31,32). The Kier molecular flexibility index (Phi) is 7.70. The molecule has 0 spiro atoms. The van der Waals surface area contributed by atoms with Crippen LogP contribution in [0.3, 0.4) is 0 Å². The molecule has 186 valence electrons. The number of carboxylic acids is 1. The number of ether oxygens (including phenoxy) is 2. The van der Waals surface area contributed by atoms with Gasteiger partial charge in [-0.1, -0.05) is 48.5 Å². The highest BCUT2D eigenvalue weighted by molar-refractivity contribution is 5.79. The maximum Gasteiger partial charge on any atom is 0.407 e. The van der Waals surface area contributed by atoms with E-state index in [9.17, 15) is 14.4 Å². The second-order valence-corrected chi connectivity index (χ2v) is 9.15. The van der Waals surface area contributed by atoms with Crippen molar-refractivity contribution >= 4 is 18.0 Å². The summed E-state index contributed by atoms with van der Waals surface area (Å²) in [5.74, 6) is -1.36. The molecule has 0 aliphatic heterocycles. The van der Waals surface area contributed by atoms with Crippen molar-refractivity contribution in [2.45, 2.75) is 44.2 Å². The van der Waals surface area contributed by atoms with Gasteiger partial charge in [0.25, 0.3) is 0 Å². The predicted octanol–water partition coefficient (Wildman–Crippen LogP) is 3.64. The van der Waals surface area contributed by atoms with Gasteiger partial charge in [0, 0.05) is 32.2 Å². The summed E-state index contributed by atoms with van der Waals surface area (Å²) in [5.41, 5.74) is 4.61. The number of rotatable bonds is 10. The second kappa shape index (κ2) is 10.9. The van der Waals surface area contributed by atoms with Crippen molar-refractivity contribution in [1.29, 1.82) is 0 Å². The molecule has 1 unspecified atom stereocenters. The van der Waals surface area contributed by atoms with Crippen molar-refractivity contribution in [3.05, 3.63) is 59.7 Å². The molecule has 8 heteroatoms. The fourth-order valence-electron chi connectivity index (χ4n) is 4.92. The molecule has 0 saturated heterocycles. The van der Waals surface area contributed by atoms with Crippen molar-refractivity contribution in [3.63, 3.8) is 0 Å². The van der Waals surface area contributed by atoms with Gasteiger partial charge in [-0.3, -0.25) is 9.59 Å². The Balaban J connectivity index is 1.27. The van der Waals surface area contributed by atoms with Gasteiger partial charge in [-0.15, -0.1) is 0 Å². The van der Waals surface area contributed by atoms with E-state index >= 15 is 0 Å². The Morgan fingerprint density at radius 1 is 1.06 bits per heavy atom. The van der Waals surface area contributed by atoms with Gasteiger partial charge in [-0.2, -0.15) is 0 Å². The maximum absolute atomic E-state index is 12.7. The monoisotopic (exact) mass is 480 g/mol. The van der Waals surface area contributed by atoms with Crippen LogP contribution >= 0.6 is 0 Å². The van der Waals surface area contributed by atoms with Crippen LogP contribution in [0.4, 0.5) is 4.79 Å². The Labute approximate surface area is 205 Å². The number of carbonyl (C=O) groups is 3. The maximum atomic E-state index is 12.7. The lowest BCUT2D eigenvalue weighted by Gasteiger charge is -2.39. The van der Waals surface area contributed by atoms with E-state index in [-0.39, 0.29) is 43.4 Å². The van der Waals surface area contributed by atoms with Crippen LogP contribution in [0.15, 0.2) is 48.5 Å². The Morgan fingerprint density at radius 3 is 2.23 bits per heavy atom. The van der Waals surface area contributed by atoms with Crippen LogP contribution in [0, 0.1) is 5.92 Å². The molecule has 2 aromatic carbocycles. The first-order valence-electron chi connectivity index (χ1n) is 12.1. The molecule has 0 radical (unpaired) electrons. The fraction of sp³-hybridized carbons (Fsp3) is 0.444. The van der Waals surface area contributed by atoms with Crippen LogP contribution in [0.2, 0.25) is 0 Å². The number of fused-ring (bicyclic) bond motifs is 3. The van der Waals surface area contributed by atoms with Crippen LogP contribution in [-0.2, 0) is 19.1 Å². The number of amides is 2. The smallest absolute Gasteiger partial charge is 0.407 e. The van der Waals surface area contributed by atoms with Gasteiger partial charge < -0.3 is 24.8 Å². The predicted molar refractivity (Wildman–Crippen MR) is 130 cm³/mol. The lowest BCUT2D eigenvalue weighted by molar-refractivity contribution is -0.150. The zero-order valence-electron chi connectivity index (χ0n) is 20.1. The molecule has 35 heavy (non-hydrogen) atoms. The van der Waals surface area contributed by atoms with Crippen LogP contribution in [0.5, 0.6) is 0 Å². The van der Waals surface area contributed by atoms with Crippen molar-refractivity contribution in [3.8, 4) is 11.1 Å². The molecule has 1 atom stereocenters. The molecule has 0 bridgehead atoms. The first-order chi connectivity index (χ1) is 16.9. The van der Waals surface area contributed by atoms with Gasteiger partial charge in [0.15, 0.2) is 0 Å². The van der Waals surface area contributed by atoms with E-state index in [1.165, 1.54) is 0 Å². The molecule has 1 fully saturated rings. The van der Waals surface area contributed by atoms with Crippen molar-refractivity contribution in [2.75, 3.05) is 26.8 Å². The summed E-state index contributed by atoms with van der Waals surface area (Å²) < 4.78 is 11.2. The Morgan fingerprint density at radius 2 is 1.66 bits per heavy atom. The number of carboxylic acid groups (broad SMARTS) is 1. The number of carbonyl (C=O) groups excluding carboxylic acids is 2. The molecule has 2 aliphatic carbocycles. The average Bonchev–Trinajstić information content (AvgIpc) is 3.13. The topological polar surface area (TPSA) is 105 Å². The number of hydrogen-bond acceptors (Lipinski definition) is 5. The molecule has 0 aromatic heterocycles. The lowest BCUT2D eigenvalue weighted by Crippen LogP contribution is -2.49.